The Morgan fingerprint density at radius 3 is 2.37 bits per heavy atom. The molecule has 0 aliphatic carbocycles. The zero-order valence-electron chi connectivity index (χ0n) is 11.2. The van der Waals surface area contributed by atoms with Crippen LogP contribution in [0.15, 0.2) is 9.63 Å². The van der Waals surface area contributed by atoms with Crippen molar-refractivity contribution < 1.29 is 8.42 Å². The van der Waals surface area contributed by atoms with Crippen molar-refractivity contribution >= 4 is 37.6 Å². The largest absolute Gasteiger partial charge is 0.260 e. The van der Waals surface area contributed by atoms with Crippen LogP contribution >= 0.6 is 27.5 Å². The SMILES string of the molecule is CCC(CC)(CCl)CNS(=O)(=O)c1c(Br)nnn1C. The summed E-state index contributed by atoms with van der Waals surface area (Å²) in [5, 5.41) is 7.35. The number of aromatic nitrogens is 3. The summed E-state index contributed by atoms with van der Waals surface area (Å²) in [4.78, 5) is 0. The molecule has 1 aromatic rings. The molecule has 0 aliphatic rings. The van der Waals surface area contributed by atoms with Gasteiger partial charge in [0.05, 0.1) is 0 Å². The number of nitrogens with zero attached hydrogens (tertiary/aromatic N) is 3. The lowest BCUT2D eigenvalue weighted by molar-refractivity contribution is 0.304. The van der Waals surface area contributed by atoms with Gasteiger partial charge in [-0.2, -0.15) is 0 Å². The second kappa shape index (κ2) is 6.51. The summed E-state index contributed by atoms with van der Waals surface area (Å²) in [6, 6.07) is 0. The van der Waals surface area contributed by atoms with Gasteiger partial charge in [-0.25, -0.2) is 17.8 Å². The van der Waals surface area contributed by atoms with Crippen LogP contribution in [-0.2, 0) is 17.1 Å². The molecule has 1 aromatic heterocycles. The van der Waals surface area contributed by atoms with Crippen LogP contribution < -0.4 is 4.72 Å². The van der Waals surface area contributed by atoms with Gasteiger partial charge in [-0.3, -0.25) is 0 Å². The second-order valence-corrected chi connectivity index (χ2v) is 7.17. The normalized spacial score (nSPS) is 12.9. The number of rotatable bonds is 7. The molecule has 0 atom stereocenters. The van der Waals surface area contributed by atoms with Crippen LogP contribution in [0, 0.1) is 5.41 Å². The summed E-state index contributed by atoms with van der Waals surface area (Å²) >= 11 is 9.05. The van der Waals surface area contributed by atoms with Crippen molar-refractivity contribution in [2.75, 3.05) is 12.4 Å². The lowest BCUT2D eigenvalue weighted by Crippen LogP contribution is -2.38. The number of sulfonamides is 1. The zero-order valence-corrected chi connectivity index (χ0v) is 14.3. The minimum Gasteiger partial charge on any atom is -0.235 e. The average Bonchev–Trinajstić information content (AvgIpc) is 2.72. The van der Waals surface area contributed by atoms with Crippen LogP contribution in [0.2, 0.25) is 0 Å². The summed E-state index contributed by atoms with van der Waals surface area (Å²) < 4.78 is 28.5. The second-order valence-electron chi connectivity index (χ2n) is 4.47. The number of halogens is 2. The molecule has 0 aliphatic heterocycles. The number of alkyl halides is 1. The Morgan fingerprint density at radius 2 is 2.00 bits per heavy atom. The summed E-state index contributed by atoms with van der Waals surface area (Å²) in [7, 11) is -2.13. The minimum absolute atomic E-state index is 0.0168. The molecule has 0 bridgehead atoms. The quantitative estimate of drug-likeness (QED) is 0.741. The third kappa shape index (κ3) is 3.68. The topological polar surface area (TPSA) is 76.9 Å². The molecular formula is C10H18BrClN4O2S. The lowest BCUT2D eigenvalue weighted by Gasteiger charge is -2.29. The highest BCUT2D eigenvalue weighted by atomic mass is 79.9. The van der Waals surface area contributed by atoms with Gasteiger partial charge < -0.3 is 0 Å². The predicted octanol–water partition coefficient (Wildman–Crippen LogP) is 1.90. The van der Waals surface area contributed by atoms with E-state index in [1.54, 1.807) is 0 Å². The van der Waals surface area contributed by atoms with Crippen LogP contribution in [0.3, 0.4) is 0 Å². The molecule has 0 aromatic carbocycles. The van der Waals surface area contributed by atoms with Gasteiger partial charge in [0, 0.05) is 19.5 Å². The predicted molar refractivity (Wildman–Crippen MR) is 77.6 cm³/mol. The molecule has 0 fully saturated rings. The molecule has 1 rings (SSSR count). The van der Waals surface area contributed by atoms with Crippen molar-refractivity contribution in [2.45, 2.75) is 31.7 Å². The van der Waals surface area contributed by atoms with E-state index in [4.69, 9.17) is 11.6 Å². The van der Waals surface area contributed by atoms with E-state index in [0.717, 1.165) is 12.8 Å². The maximum absolute atomic E-state index is 12.2. The van der Waals surface area contributed by atoms with E-state index in [2.05, 4.69) is 31.0 Å². The van der Waals surface area contributed by atoms with Crippen LogP contribution in [0.4, 0.5) is 0 Å². The number of hydrogen-bond donors (Lipinski definition) is 1. The van der Waals surface area contributed by atoms with Gasteiger partial charge in [-0.1, -0.05) is 19.1 Å². The standard InChI is InChI=1S/C10H18BrClN4O2S/c1-4-10(5-2,6-12)7-13-19(17,18)9-8(11)14-15-16(9)3/h13H,4-7H2,1-3H3. The van der Waals surface area contributed by atoms with Crippen LogP contribution in [0.5, 0.6) is 0 Å². The maximum atomic E-state index is 12.2. The Kier molecular flexibility index (Phi) is 5.78. The first kappa shape index (κ1) is 16.9. The minimum atomic E-state index is -3.66. The van der Waals surface area contributed by atoms with Gasteiger partial charge in [-0.05, 0) is 34.2 Å². The van der Waals surface area contributed by atoms with E-state index in [1.807, 2.05) is 13.8 Å². The maximum Gasteiger partial charge on any atom is 0.260 e. The van der Waals surface area contributed by atoms with E-state index >= 15 is 0 Å². The molecule has 9 heteroatoms. The van der Waals surface area contributed by atoms with Crippen LogP contribution in [0.25, 0.3) is 0 Å². The molecule has 6 nitrogen and oxygen atoms in total. The van der Waals surface area contributed by atoms with E-state index in [-0.39, 0.29) is 15.0 Å². The van der Waals surface area contributed by atoms with Gasteiger partial charge >= 0.3 is 0 Å². The highest BCUT2D eigenvalue weighted by Crippen LogP contribution is 2.28. The lowest BCUT2D eigenvalue weighted by atomic mass is 9.85. The fraction of sp³-hybridized carbons (Fsp3) is 0.800. The molecule has 0 spiro atoms. The van der Waals surface area contributed by atoms with Crippen LogP contribution in [0.1, 0.15) is 26.7 Å². The van der Waals surface area contributed by atoms with Crippen molar-refractivity contribution in [1.82, 2.24) is 19.7 Å². The van der Waals surface area contributed by atoms with E-state index in [1.165, 1.54) is 11.7 Å². The van der Waals surface area contributed by atoms with Gasteiger partial charge in [-0.15, -0.1) is 16.7 Å². The van der Waals surface area contributed by atoms with Crippen molar-refractivity contribution in [3.8, 4) is 0 Å². The first-order chi connectivity index (χ1) is 8.82. The number of aryl methyl sites for hydroxylation is 1. The molecule has 19 heavy (non-hydrogen) atoms. The Hall–Kier alpha value is -0.180. The van der Waals surface area contributed by atoms with E-state index < -0.39 is 10.0 Å². The molecule has 110 valence electrons. The fourth-order valence-electron chi connectivity index (χ4n) is 1.66. The summed E-state index contributed by atoms with van der Waals surface area (Å²) in [5.74, 6) is 0.410. The highest BCUT2D eigenvalue weighted by Gasteiger charge is 2.30. The molecular weight excluding hydrogens is 356 g/mol. The Morgan fingerprint density at radius 1 is 1.42 bits per heavy atom. The van der Waals surface area contributed by atoms with Crippen molar-refractivity contribution in [1.29, 1.82) is 0 Å². The fourth-order valence-corrected chi connectivity index (χ4v) is 4.38. The highest BCUT2D eigenvalue weighted by molar-refractivity contribution is 9.10. The van der Waals surface area contributed by atoms with Crippen molar-refractivity contribution in [3.63, 3.8) is 0 Å². The van der Waals surface area contributed by atoms with E-state index in [0.29, 0.717) is 12.4 Å². The van der Waals surface area contributed by atoms with Crippen molar-refractivity contribution in [2.24, 2.45) is 12.5 Å². The Labute approximate surface area is 127 Å². The summed E-state index contributed by atoms with van der Waals surface area (Å²) in [6.07, 6.45) is 1.61. The molecule has 0 radical (unpaired) electrons. The zero-order chi connectivity index (χ0) is 14.7. The molecule has 1 N–H and O–H groups in total. The van der Waals surface area contributed by atoms with Gasteiger partial charge in [0.25, 0.3) is 10.0 Å². The summed E-state index contributed by atoms with van der Waals surface area (Å²) in [5.41, 5.74) is -0.229. The average molecular weight is 374 g/mol. The van der Waals surface area contributed by atoms with Crippen molar-refractivity contribution in [3.05, 3.63) is 4.60 Å². The smallest absolute Gasteiger partial charge is 0.235 e. The first-order valence-electron chi connectivity index (χ1n) is 5.92. The Bertz CT molecular complexity index is 500. The number of hydrogen-bond acceptors (Lipinski definition) is 4. The third-order valence-corrected chi connectivity index (χ3v) is 6.27. The van der Waals surface area contributed by atoms with Gasteiger partial charge in [0.15, 0.2) is 4.60 Å². The third-order valence-electron chi connectivity index (χ3n) is 3.41. The monoisotopic (exact) mass is 372 g/mol. The molecule has 0 amide bonds. The molecule has 0 saturated heterocycles. The first-order valence-corrected chi connectivity index (χ1v) is 8.73. The summed E-state index contributed by atoms with van der Waals surface area (Å²) in [6.45, 7) is 4.30. The van der Waals surface area contributed by atoms with Gasteiger partial charge in [0.2, 0.25) is 5.03 Å². The molecule has 0 unspecified atom stereocenters. The Balaban J connectivity index is 2.93. The van der Waals surface area contributed by atoms with Gasteiger partial charge in [0.1, 0.15) is 0 Å². The van der Waals surface area contributed by atoms with E-state index in [9.17, 15) is 8.42 Å². The van der Waals surface area contributed by atoms with Crippen LogP contribution in [-0.4, -0.2) is 35.8 Å². The molecule has 0 saturated carbocycles. The number of nitrogens with one attached hydrogen (secondary N) is 1. The molecule has 1 heterocycles.